The monoisotopic (exact) mass is 605 g/mol. The van der Waals surface area contributed by atoms with E-state index in [0.717, 1.165) is 60.4 Å². The van der Waals surface area contributed by atoms with Gasteiger partial charge in [-0.1, -0.05) is 84.9 Å². The first-order valence-electron chi connectivity index (χ1n) is 15.4. The molecule has 0 amide bonds. The van der Waals surface area contributed by atoms with Crippen LogP contribution in [-0.2, 0) is 0 Å². The number of aromatic nitrogens is 5. The number of rotatable bonds is 4. The van der Waals surface area contributed by atoms with Crippen molar-refractivity contribution in [2.75, 3.05) is 0 Å². The van der Waals surface area contributed by atoms with Crippen molar-refractivity contribution in [3.8, 4) is 40.2 Å². The number of benzene rings is 6. The van der Waals surface area contributed by atoms with E-state index in [1.54, 1.807) is 0 Å². The molecule has 0 aliphatic heterocycles. The van der Waals surface area contributed by atoms with E-state index >= 15 is 0 Å². The summed E-state index contributed by atoms with van der Waals surface area (Å²) in [6.07, 6.45) is 0. The van der Waals surface area contributed by atoms with E-state index in [1.807, 2.05) is 91.0 Å². The maximum Gasteiger partial charge on any atom is 0.238 e. The smallest absolute Gasteiger partial charge is 0.238 e. The quantitative estimate of drug-likeness (QED) is 0.199. The second kappa shape index (κ2) is 9.95. The molecule has 0 aliphatic carbocycles. The van der Waals surface area contributed by atoms with Gasteiger partial charge in [-0.15, -0.1) is 0 Å². The molecule has 47 heavy (non-hydrogen) atoms. The SMILES string of the molecule is c1ccc(-c2nc3c(-c4nc(-c5ccc6c(c5)oc5ccccc56)nc(-n5c6ccccc6c6ccccc65)n4)cccc3o2)cc1. The summed E-state index contributed by atoms with van der Waals surface area (Å²) in [5.74, 6) is 2.07. The minimum absolute atomic E-state index is 0.495. The Morgan fingerprint density at radius 2 is 1.09 bits per heavy atom. The molecule has 4 aromatic heterocycles. The van der Waals surface area contributed by atoms with Crippen LogP contribution in [0.25, 0.3) is 95.0 Å². The fraction of sp³-hybridized carbons (Fsp3) is 0. The van der Waals surface area contributed by atoms with Gasteiger partial charge < -0.3 is 8.83 Å². The van der Waals surface area contributed by atoms with Crippen molar-refractivity contribution in [2.45, 2.75) is 0 Å². The van der Waals surface area contributed by atoms with Gasteiger partial charge >= 0.3 is 0 Å². The molecule has 0 saturated heterocycles. The molecule has 10 rings (SSSR count). The van der Waals surface area contributed by atoms with Crippen LogP contribution in [0.2, 0.25) is 0 Å². The van der Waals surface area contributed by atoms with Gasteiger partial charge in [0.25, 0.3) is 0 Å². The van der Waals surface area contributed by atoms with Gasteiger partial charge in [0.05, 0.1) is 11.0 Å². The van der Waals surface area contributed by atoms with E-state index in [-0.39, 0.29) is 0 Å². The molecule has 220 valence electrons. The Morgan fingerprint density at radius 1 is 0.426 bits per heavy atom. The van der Waals surface area contributed by atoms with Crippen LogP contribution in [-0.4, -0.2) is 24.5 Å². The third kappa shape index (κ3) is 4.00. The van der Waals surface area contributed by atoms with Crippen molar-refractivity contribution in [3.05, 3.63) is 140 Å². The second-order valence-corrected chi connectivity index (χ2v) is 11.5. The van der Waals surface area contributed by atoms with Gasteiger partial charge in [-0.05, 0) is 54.6 Å². The summed E-state index contributed by atoms with van der Waals surface area (Å²) in [7, 11) is 0. The Balaban J connectivity index is 1.25. The lowest BCUT2D eigenvalue weighted by Gasteiger charge is -2.11. The minimum Gasteiger partial charge on any atom is -0.456 e. The van der Waals surface area contributed by atoms with Crippen LogP contribution in [0, 0.1) is 0 Å². The molecule has 0 radical (unpaired) electrons. The molecule has 4 heterocycles. The normalized spacial score (nSPS) is 11.8. The van der Waals surface area contributed by atoms with Crippen molar-refractivity contribution < 1.29 is 8.83 Å². The molecular formula is C40H23N5O2. The van der Waals surface area contributed by atoms with Crippen LogP contribution in [0.15, 0.2) is 148 Å². The molecule has 7 heteroatoms. The highest BCUT2D eigenvalue weighted by Gasteiger charge is 2.21. The maximum absolute atomic E-state index is 6.25. The molecule has 0 atom stereocenters. The highest BCUT2D eigenvalue weighted by molar-refractivity contribution is 6.09. The fourth-order valence-electron chi connectivity index (χ4n) is 6.55. The van der Waals surface area contributed by atoms with Crippen molar-refractivity contribution >= 4 is 54.8 Å². The van der Waals surface area contributed by atoms with Crippen LogP contribution in [0.5, 0.6) is 0 Å². The van der Waals surface area contributed by atoms with E-state index in [1.165, 1.54) is 0 Å². The first-order valence-corrected chi connectivity index (χ1v) is 15.4. The first kappa shape index (κ1) is 25.7. The minimum atomic E-state index is 0.495. The molecule has 0 aliphatic rings. The van der Waals surface area contributed by atoms with Gasteiger partial charge in [0.1, 0.15) is 16.7 Å². The second-order valence-electron chi connectivity index (χ2n) is 11.5. The van der Waals surface area contributed by atoms with Crippen LogP contribution >= 0.6 is 0 Å². The number of para-hydroxylation sites is 4. The Bertz CT molecular complexity index is 2760. The Morgan fingerprint density at radius 3 is 1.89 bits per heavy atom. The van der Waals surface area contributed by atoms with Gasteiger partial charge in [0, 0.05) is 38.2 Å². The third-order valence-electron chi connectivity index (χ3n) is 8.72. The standard InChI is InChI=1S/C40H23N5O2/c1-2-11-24(12-3-1)39-41-36-30(16-10-20-34(36)47-39)38-42-37(25-21-22-29-28-15-6-9-19-33(28)46-35(29)23-25)43-40(44-38)45-31-17-7-4-13-26(31)27-14-5-8-18-32(27)45/h1-23H. The molecule has 0 bridgehead atoms. The Hall–Kier alpha value is -6.60. The van der Waals surface area contributed by atoms with Crippen LogP contribution in [0.3, 0.4) is 0 Å². The highest BCUT2D eigenvalue weighted by atomic mass is 16.3. The number of hydrogen-bond donors (Lipinski definition) is 0. The molecule has 0 saturated carbocycles. The van der Waals surface area contributed by atoms with Crippen LogP contribution in [0.4, 0.5) is 0 Å². The molecule has 0 unspecified atom stereocenters. The lowest BCUT2D eigenvalue weighted by atomic mass is 10.1. The Kier molecular flexibility index (Phi) is 5.44. The zero-order chi connectivity index (χ0) is 30.9. The fourth-order valence-corrected chi connectivity index (χ4v) is 6.55. The lowest BCUT2D eigenvalue weighted by molar-refractivity contribution is 0.620. The average Bonchev–Trinajstić information content (AvgIpc) is 3.83. The van der Waals surface area contributed by atoms with Crippen LogP contribution < -0.4 is 0 Å². The number of nitrogens with zero attached hydrogens (tertiary/aromatic N) is 5. The zero-order valence-electron chi connectivity index (χ0n) is 24.8. The predicted molar refractivity (Wildman–Crippen MR) is 185 cm³/mol. The van der Waals surface area contributed by atoms with Gasteiger partial charge in [-0.25, -0.2) is 9.97 Å². The van der Waals surface area contributed by atoms with Crippen LogP contribution in [0.1, 0.15) is 0 Å². The summed E-state index contributed by atoms with van der Waals surface area (Å²) in [6, 6.07) is 46.6. The van der Waals surface area contributed by atoms with Crippen molar-refractivity contribution in [1.82, 2.24) is 24.5 Å². The zero-order valence-corrected chi connectivity index (χ0v) is 24.8. The van der Waals surface area contributed by atoms with E-state index in [2.05, 4.69) is 53.1 Å². The molecule has 0 fully saturated rings. The summed E-state index contributed by atoms with van der Waals surface area (Å²) in [5, 5.41) is 4.37. The predicted octanol–water partition coefficient (Wildman–Crippen LogP) is 10.0. The molecule has 6 aromatic carbocycles. The van der Waals surface area contributed by atoms with Gasteiger partial charge in [-0.3, -0.25) is 4.57 Å². The topological polar surface area (TPSA) is 82.8 Å². The maximum atomic E-state index is 6.25. The summed E-state index contributed by atoms with van der Waals surface area (Å²) in [5.41, 5.74) is 7.45. The van der Waals surface area contributed by atoms with E-state index in [0.29, 0.717) is 34.6 Å². The Labute approximate surface area is 267 Å². The number of fused-ring (bicyclic) bond motifs is 7. The molecular weight excluding hydrogens is 582 g/mol. The number of oxazole rings is 1. The van der Waals surface area contributed by atoms with Crippen molar-refractivity contribution in [2.24, 2.45) is 0 Å². The van der Waals surface area contributed by atoms with Crippen molar-refractivity contribution in [3.63, 3.8) is 0 Å². The molecule has 0 spiro atoms. The van der Waals surface area contributed by atoms with Gasteiger partial charge in [-0.2, -0.15) is 9.97 Å². The molecule has 10 aromatic rings. The van der Waals surface area contributed by atoms with E-state index in [4.69, 9.17) is 28.8 Å². The lowest BCUT2D eigenvalue weighted by Crippen LogP contribution is -2.06. The van der Waals surface area contributed by atoms with E-state index < -0.39 is 0 Å². The highest BCUT2D eigenvalue weighted by Crippen LogP contribution is 2.36. The van der Waals surface area contributed by atoms with Gasteiger partial charge in [0.15, 0.2) is 17.2 Å². The first-order chi connectivity index (χ1) is 23.3. The van der Waals surface area contributed by atoms with Gasteiger partial charge in [0.2, 0.25) is 11.8 Å². The summed E-state index contributed by atoms with van der Waals surface area (Å²) >= 11 is 0. The molecule has 0 N–H and O–H groups in total. The average molecular weight is 606 g/mol. The summed E-state index contributed by atoms with van der Waals surface area (Å²) in [4.78, 5) is 20.3. The number of furan rings is 1. The van der Waals surface area contributed by atoms with E-state index in [9.17, 15) is 0 Å². The third-order valence-corrected chi connectivity index (χ3v) is 8.72. The number of hydrogen-bond acceptors (Lipinski definition) is 6. The van der Waals surface area contributed by atoms with Crippen molar-refractivity contribution in [1.29, 1.82) is 0 Å². The summed E-state index contributed by atoms with van der Waals surface area (Å²) < 4.78 is 14.6. The largest absolute Gasteiger partial charge is 0.456 e. The molecule has 7 nitrogen and oxygen atoms in total. The summed E-state index contributed by atoms with van der Waals surface area (Å²) in [6.45, 7) is 0.